The van der Waals surface area contributed by atoms with Crippen LogP contribution in [0.3, 0.4) is 0 Å². The van der Waals surface area contributed by atoms with E-state index in [1.807, 2.05) is 0 Å². The fourth-order valence-corrected chi connectivity index (χ4v) is 5.53. The number of hydrogen-bond donors (Lipinski definition) is 5. The standard InChI is InChI=1S/C32H54N9O18P/c33-30-27-31(37-22-36-30)41(23-38-27)32-29(45)28(44)24(58-32)19-57-60(46,47)59-26(43)21-56-20-25(42)35-1-3-48-5-7-50-9-11-52-13-15-54-17-18-55-16-14-53-12-10-51-8-6-49-4-2-39-40-34/h22-24,28-29,32,44-45H,1-21H2,(H,35,42)(H,46,47)(H2,33,36,37)/t24-,28?,29+,32-/m1/s1. The van der Waals surface area contributed by atoms with Crippen molar-refractivity contribution in [3.63, 3.8) is 0 Å². The molecule has 1 aliphatic heterocycles. The van der Waals surface area contributed by atoms with E-state index >= 15 is 0 Å². The lowest BCUT2D eigenvalue weighted by Gasteiger charge is -2.17. The van der Waals surface area contributed by atoms with Crippen LogP contribution in [0.25, 0.3) is 21.6 Å². The highest BCUT2D eigenvalue weighted by atomic mass is 31.2. The molecule has 0 aliphatic carbocycles. The number of aliphatic hydroxyl groups is 2. The van der Waals surface area contributed by atoms with E-state index in [0.29, 0.717) is 99.0 Å². The van der Waals surface area contributed by atoms with Crippen molar-refractivity contribution in [3.05, 3.63) is 23.1 Å². The van der Waals surface area contributed by atoms with E-state index in [9.17, 15) is 29.3 Å². The van der Waals surface area contributed by atoms with Gasteiger partial charge in [-0.25, -0.2) is 24.3 Å². The SMILES string of the molecule is [N-]=[N+]=NCCOCCOCCOCCOCCOCCOCCOCCOCCNC(=O)COCC(=O)OP(=O)(O)OC[C@H]1O[C@@H](n2cnc3c(N)ncnc32)[C@@H](O)C1O. The predicted octanol–water partition coefficient (Wildman–Crippen LogP) is -1.74. The molecule has 1 amide bonds. The second-order valence-electron chi connectivity index (χ2n) is 12.1. The zero-order valence-corrected chi connectivity index (χ0v) is 33.8. The molecule has 60 heavy (non-hydrogen) atoms. The van der Waals surface area contributed by atoms with Gasteiger partial charge in [0.25, 0.3) is 0 Å². The maximum atomic E-state index is 12.3. The average molecular weight is 884 g/mol. The van der Waals surface area contributed by atoms with E-state index in [4.69, 9.17) is 63.2 Å². The molecule has 2 aromatic rings. The minimum Gasteiger partial charge on any atom is -0.387 e. The summed E-state index contributed by atoms with van der Waals surface area (Å²) in [6.45, 7) is 4.48. The number of anilines is 1. The summed E-state index contributed by atoms with van der Waals surface area (Å²) in [4.78, 5) is 48.5. The van der Waals surface area contributed by atoms with E-state index in [-0.39, 0.29) is 36.7 Å². The van der Waals surface area contributed by atoms with Crippen molar-refractivity contribution in [3.8, 4) is 0 Å². The van der Waals surface area contributed by atoms with Crippen molar-refractivity contribution in [2.75, 3.05) is 144 Å². The number of aliphatic hydroxyl groups excluding tert-OH is 2. The zero-order chi connectivity index (χ0) is 43.3. The fraction of sp³-hybridized carbons (Fsp3) is 0.781. The van der Waals surface area contributed by atoms with E-state index in [0.717, 1.165) is 0 Å². The quantitative estimate of drug-likeness (QED) is 0.0167. The van der Waals surface area contributed by atoms with E-state index in [1.54, 1.807) is 0 Å². The second kappa shape index (κ2) is 30.3. The van der Waals surface area contributed by atoms with Gasteiger partial charge in [-0.3, -0.25) is 18.8 Å². The third kappa shape index (κ3) is 20.7. The smallest absolute Gasteiger partial charge is 0.387 e. The monoisotopic (exact) mass is 883 g/mol. The Hall–Kier alpha value is -3.73. The van der Waals surface area contributed by atoms with Gasteiger partial charge < -0.3 is 73.2 Å². The summed E-state index contributed by atoms with van der Waals surface area (Å²) in [5, 5.41) is 26.8. The first-order valence-electron chi connectivity index (χ1n) is 18.7. The molecule has 0 radical (unpaired) electrons. The van der Waals surface area contributed by atoms with Crippen LogP contribution >= 0.6 is 7.82 Å². The summed E-state index contributed by atoms with van der Waals surface area (Å²) in [6, 6.07) is 0. The highest BCUT2D eigenvalue weighted by molar-refractivity contribution is 7.48. The molecule has 1 saturated heterocycles. The summed E-state index contributed by atoms with van der Waals surface area (Å²) >= 11 is 0. The molecule has 0 bridgehead atoms. The van der Waals surface area contributed by atoms with Crippen molar-refractivity contribution in [1.82, 2.24) is 24.8 Å². The number of carbonyl (C=O) groups is 2. The van der Waals surface area contributed by atoms with Gasteiger partial charge >= 0.3 is 13.8 Å². The summed E-state index contributed by atoms with van der Waals surface area (Å²) in [6.07, 6.45) is -3.16. The zero-order valence-electron chi connectivity index (χ0n) is 32.9. The Morgan fingerprint density at radius 1 is 0.800 bits per heavy atom. The Labute approximate surface area is 344 Å². The molecular formula is C32H54N9O18P. The Morgan fingerprint density at radius 3 is 1.88 bits per heavy atom. The van der Waals surface area contributed by atoms with Gasteiger partial charge in [-0.2, -0.15) is 0 Å². The molecular weight excluding hydrogens is 829 g/mol. The maximum absolute atomic E-state index is 12.3. The number of rotatable bonds is 36. The van der Waals surface area contributed by atoms with Gasteiger partial charge in [-0.05, 0) is 5.53 Å². The number of phosphoric ester groups is 1. The van der Waals surface area contributed by atoms with Crippen LogP contribution in [-0.4, -0.2) is 203 Å². The lowest BCUT2D eigenvalue weighted by atomic mass is 10.1. The minimum atomic E-state index is -5.01. The molecule has 3 rings (SSSR count). The third-order valence-corrected chi connectivity index (χ3v) is 8.55. The molecule has 0 spiro atoms. The number of imidazole rings is 1. The lowest BCUT2D eigenvalue weighted by Crippen LogP contribution is -2.33. The van der Waals surface area contributed by atoms with Crippen molar-refractivity contribution >= 4 is 36.7 Å². The molecule has 340 valence electrons. The van der Waals surface area contributed by atoms with Crippen LogP contribution in [0, 0.1) is 0 Å². The van der Waals surface area contributed by atoms with E-state index in [2.05, 4.69) is 34.8 Å². The molecule has 0 aromatic carbocycles. The van der Waals surface area contributed by atoms with Gasteiger partial charge in [0.15, 0.2) is 17.7 Å². The van der Waals surface area contributed by atoms with Crippen LogP contribution in [0.15, 0.2) is 17.8 Å². The molecule has 2 unspecified atom stereocenters. The number of amides is 1. The molecule has 28 heteroatoms. The van der Waals surface area contributed by atoms with Crippen molar-refractivity contribution in [1.29, 1.82) is 0 Å². The summed E-state index contributed by atoms with van der Waals surface area (Å²) in [7, 11) is -5.01. The molecule has 3 heterocycles. The number of carbonyl (C=O) groups excluding carboxylic acids is 2. The fourth-order valence-electron chi connectivity index (χ4n) is 4.83. The first-order chi connectivity index (χ1) is 29.1. The van der Waals surface area contributed by atoms with Crippen molar-refractivity contribution in [2.45, 2.75) is 24.5 Å². The number of phosphoric acid groups is 1. The lowest BCUT2D eigenvalue weighted by molar-refractivity contribution is -0.143. The molecule has 1 aliphatic rings. The number of fused-ring (bicyclic) bond motifs is 1. The molecule has 2 aromatic heterocycles. The first kappa shape index (κ1) is 50.6. The number of nitrogens with one attached hydrogen (secondary N) is 1. The van der Waals surface area contributed by atoms with Crippen molar-refractivity contribution in [2.24, 2.45) is 5.11 Å². The van der Waals surface area contributed by atoms with Crippen LogP contribution < -0.4 is 11.1 Å². The molecule has 1 fully saturated rings. The highest BCUT2D eigenvalue weighted by Gasteiger charge is 2.45. The summed E-state index contributed by atoms with van der Waals surface area (Å²) < 4.78 is 76.3. The average Bonchev–Trinajstić information content (AvgIpc) is 3.78. The Bertz CT molecular complexity index is 1610. The predicted molar refractivity (Wildman–Crippen MR) is 202 cm³/mol. The maximum Gasteiger partial charge on any atom is 0.529 e. The highest BCUT2D eigenvalue weighted by Crippen LogP contribution is 2.44. The molecule has 6 N–H and O–H groups in total. The van der Waals surface area contributed by atoms with E-state index in [1.165, 1.54) is 17.2 Å². The summed E-state index contributed by atoms with van der Waals surface area (Å²) in [5.74, 6) is -1.80. The Morgan fingerprint density at radius 2 is 1.33 bits per heavy atom. The Kier molecular flexibility index (Phi) is 25.6. The number of ether oxygens (including phenoxy) is 10. The number of nitrogen functional groups attached to an aromatic ring is 1. The number of aromatic nitrogens is 4. The van der Waals surface area contributed by atoms with Gasteiger partial charge in [0.05, 0.1) is 119 Å². The van der Waals surface area contributed by atoms with Gasteiger partial charge in [-0.15, -0.1) is 0 Å². The Balaban J connectivity index is 1.05. The van der Waals surface area contributed by atoms with E-state index < -0.39 is 64.1 Å². The molecule has 0 saturated carbocycles. The molecule has 5 atom stereocenters. The number of azide groups is 1. The normalized spacial score (nSPS) is 18.6. The van der Waals surface area contributed by atoms with Gasteiger partial charge in [-0.1, -0.05) is 5.11 Å². The minimum absolute atomic E-state index is 0.0840. The first-order valence-corrected chi connectivity index (χ1v) is 20.2. The van der Waals surface area contributed by atoms with Gasteiger partial charge in [0.1, 0.15) is 43.4 Å². The number of hydrogen-bond acceptors (Lipinski definition) is 22. The topological polar surface area (TPSA) is 353 Å². The van der Waals surface area contributed by atoms with Gasteiger partial charge in [0, 0.05) is 18.0 Å². The number of nitrogens with two attached hydrogens (primary N) is 1. The van der Waals surface area contributed by atoms with Crippen molar-refractivity contribution < 1.29 is 85.7 Å². The second-order valence-corrected chi connectivity index (χ2v) is 13.4. The molecule has 27 nitrogen and oxygen atoms in total. The van der Waals surface area contributed by atoms with Crippen LogP contribution in [0.2, 0.25) is 0 Å². The van der Waals surface area contributed by atoms with Crippen LogP contribution in [0.4, 0.5) is 5.82 Å². The van der Waals surface area contributed by atoms with Crippen LogP contribution in [0.1, 0.15) is 6.23 Å². The van der Waals surface area contributed by atoms with Crippen LogP contribution in [-0.2, 0) is 70.6 Å². The largest absolute Gasteiger partial charge is 0.529 e. The number of nitrogens with zero attached hydrogens (tertiary/aromatic N) is 7. The summed E-state index contributed by atoms with van der Waals surface area (Å²) in [5.41, 5.74) is 14.4. The van der Waals surface area contributed by atoms with Crippen LogP contribution in [0.5, 0.6) is 0 Å². The van der Waals surface area contributed by atoms with Gasteiger partial charge in [0.2, 0.25) is 5.91 Å². The third-order valence-electron chi connectivity index (χ3n) is 7.64.